The van der Waals surface area contributed by atoms with E-state index in [1.165, 1.54) is 0 Å². The van der Waals surface area contributed by atoms with Crippen LogP contribution in [0.1, 0.15) is 22.8 Å². The molecule has 1 heterocycles. The van der Waals surface area contributed by atoms with Gasteiger partial charge in [-0.2, -0.15) is 0 Å². The molecular formula is C21H27IN4O4. The lowest BCUT2D eigenvalue weighted by Crippen LogP contribution is -2.41. The topological polar surface area (TPSA) is 93.2 Å². The third kappa shape index (κ3) is 6.68. The minimum Gasteiger partial charge on any atom is -0.497 e. The number of hydrogen-bond donors (Lipinski definition) is 3. The SMILES string of the molecule is CCNC(=NCc1ccc2c(c1)OCO2)NCCNC(=O)c1cccc(OC)c1.I. The van der Waals surface area contributed by atoms with Gasteiger partial charge >= 0.3 is 0 Å². The summed E-state index contributed by atoms with van der Waals surface area (Å²) in [6.07, 6.45) is 0. The number of amides is 1. The number of halogens is 1. The molecular weight excluding hydrogens is 499 g/mol. The summed E-state index contributed by atoms with van der Waals surface area (Å²) in [5.74, 6) is 2.69. The number of fused-ring (bicyclic) bond motifs is 1. The van der Waals surface area contributed by atoms with E-state index in [9.17, 15) is 4.79 Å². The van der Waals surface area contributed by atoms with Crippen LogP contribution in [0, 0.1) is 0 Å². The summed E-state index contributed by atoms with van der Waals surface area (Å²) in [6.45, 7) is 4.51. The van der Waals surface area contributed by atoms with Gasteiger partial charge in [-0.25, -0.2) is 4.99 Å². The third-order valence-corrected chi connectivity index (χ3v) is 4.24. The minimum absolute atomic E-state index is 0. The van der Waals surface area contributed by atoms with Gasteiger partial charge in [0.25, 0.3) is 5.91 Å². The van der Waals surface area contributed by atoms with E-state index in [0.717, 1.165) is 23.6 Å². The van der Waals surface area contributed by atoms with Crippen molar-refractivity contribution in [3.8, 4) is 17.2 Å². The van der Waals surface area contributed by atoms with Crippen molar-refractivity contribution < 1.29 is 19.0 Å². The number of rotatable bonds is 8. The quantitative estimate of drug-likeness (QED) is 0.212. The standard InChI is InChI=1S/C21H26N4O4.HI/c1-3-22-21(25-13-15-7-8-18-19(11-15)29-14-28-18)24-10-9-23-20(26)16-5-4-6-17(12-16)27-2;/h4-8,11-12H,3,9-10,13-14H2,1-2H3,(H,23,26)(H2,22,24,25);1H. The van der Waals surface area contributed by atoms with Crippen LogP contribution >= 0.6 is 24.0 Å². The second-order valence-corrected chi connectivity index (χ2v) is 6.30. The van der Waals surface area contributed by atoms with Crippen molar-refractivity contribution in [1.82, 2.24) is 16.0 Å². The highest BCUT2D eigenvalue weighted by Gasteiger charge is 2.13. The van der Waals surface area contributed by atoms with Crippen LogP contribution in [0.5, 0.6) is 17.2 Å². The number of guanidine groups is 1. The summed E-state index contributed by atoms with van der Waals surface area (Å²) in [5.41, 5.74) is 1.59. The fraction of sp³-hybridized carbons (Fsp3) is 0.333. The van der Waals surface area contributed by atoms with Crippen molar-refractivity contribution in [1.29, 1.82) is 0 Å². The van der Waals surface area contributed by atoms with E-state index in [-0.39, 0.29) is 36.7 Å². The van der Waals surface area contributed by atoms with Crippen molar-refractivity contribution in [2.24, 2.45) is 4.99 Å². The molecule has 0 spiro atoms. The maximum absolute atomic E-state index is 12.2. The van der Waals surface area contributed by atoms with E-state index in [0.29, 0.717) is 36.9 Å². The maximum Gasteiger partial charge on any atom is 0.251 e. The monoisotopic (exact) mass is 526 g/mol. The fourth-order valence-electron chi connectivity index (χ4n) is 2.77. The summed E-state index contributed by atoms with van der Waals surface area (Å²) in [6, 6.07) is 12.8. The average Bonchev–Trinajstić information content (AvgIpc) is 3.22. The molecule has 0 unspecified atom stereocenters. The molecule has 1 amide bonds. The lowest BCUT2D eigenvalue weighted by atomic mass is 10.2. The van der Waals surface area contributed by atoms with Crippen LogP contribution in [-0.2, 0) is 6.54 Å². The molecule has 0 aromatic heterocycles. The maximum atomic E-state index is 12.2. The van der Waals surface area contributed by atoms with Crippen molar-refractivity contribution in [2.45, 2.75) is 13.5 Å². The van der Waals surface area contributed by atoms with Crippen molar-refractivity contribution >= 4 is 35.8 Å². The average molecular weight is 526 g/mol. The highest BCUT2D eigenvalue weighted by Crippen LogP contribution is 2.32. The molecule has 162 valence electrons. The van der Waals surface area contributed by atoms with Crippen LogP contribution in [0.4, 0.5) is 0 Å². The Kier molecular flexibility index (Phi) is 9.52. The molecule has 0 aliphatic carbocycles. The molecule has 1 aliphatic rings. The first-order chi connectivity index (χ1) is 14.2. The lowest BCUT2D eigenvalue weighted by Gasteiger charge is -2.12. The van der Waals surface area contributed by atoms with Crippen LogP contribution in [0.15, 0.2) is 47.5 Å². The zero-order valence-corrected chi connectivity index (χ0v) is 19.4. The predicted octanol–water partition coefficient (Wildman–Crippen LogP) is 2.53. The Labute approximate surface area is 193 Å². The number of ether oxygens (including phenoxy) is 3. The number of carbonyl (C=O) groups is 1. The van der Waals surface area contributed by atoms with Crippen LogP contribution in [0.3, 0.4) is 0 Å². The Balaban J connectivity index is 0.00000320. The molecule has 9 heteroatoms. The van der Waals surface area contributed by atoms with Gasteiger partial charge in [0.05, 0.1) is 13.7 Å². The van der Waals surface area contributed by atoms with Crippen LogP contribution < -0.4 is 30.2 Å². The zero-order valence-electron chi connectivity index (χ0n) is 17.1. The second-order valence-electron chi connectivity index (χ2n) is 6.30. The van der Waals surface area contributed by atoms with Gasteiger partial charge in [-0.05, 0) is 42.8 Å². The van der Waals surface area contributed by atoms with E-state index in [2.05, 4.69) is 20.9 Å². The van der Waals surface area contributed by atoms with Crippen LogP contribution in [-0.4, -0.2) is 45.4 Å². The first kappa shape index (κ1) is 23.6. The summed E-state index contributed by atoms with van der Waals surface area (Å²) in [7, 11) is 1.58. The fourth-order valence-corrected chi connectivity index (χ4v) is 2.77. The second kappa shape index (κ2) is 12.1. The van der Waals surface area contributed by atoms with Crippen LogP contribution in [0.2, 0.25) is 0 Å². The summed E-state index contributed by atoms with van der Waals surface area (Å²) >= 11 is 0. The van der Waals surface area contributed by atoms with E-state index in [1.54, 1.807) is 31.4 Å². The van der Waals surface area contributed by atoms with Gasteiger partial charge in [0.1, 0.15) is 5.75 Å². The molecule has 0 saturated heterocycles. The number of benzene rings is 2. The van der Waals surface area contributed by atoms with E-state index < -0.39 is 0 Å². The zero-order chi connectivity index (χ0) is 20.5. The van der Waals surface area contributed by atoms with Gasteiger partial charge in [-0.15, -0.1) is 24.0 Å². The Morgan fingerprint density at radius 3 is 2.67 bits per heavy atom. The van der Waals surface area contributed by atoms with Crippen molar-refractivity contribution in [3.63, 3.8) is 0 Å². The molecule has 2 aromatic rings. The largest absolute Gasteiger partial charge is 0.497 e. The number of nitrogens with zero attached hydrogens (tertiary/aromatic N) is 1. The number of carbonyl (C=O) groups excluding carboxylic acids is 1. The molecule has 2 aromatic carbocycles. The molecule has 0 atom stereocenters. The Morgan fingerprint density at radius 2 is 1.87 bits per heavy atom. The Hall–Kier alpha value is -2.69. The predicted molar refractivity (Wildman–Crippen MR) is 126 cm³/mol. The molecule has 30 heavy (non-hydrogen) atoms. The molecule has 8 nitrogen and oxygen atoms in total. The highest BCUT2D eigenvalue weighted by atomic mass is 127. The number of nitrogens with one attached hydrogen (secondary N) is 3. The lowest BCUT2D eigenvalue weighted by molar-refractivity contribution is 0.0954. The molecule has 0 radical (unpaired) electrons. The number of methoxy groups -OCH3 is 1. The van der Waals surface area contributed by atoms with Gasteiger partial charge in [0, 0.05) is 25.2 Å². The number of aliphatic imine (C=N–C) groups is 1. The number of hydrogen-bond acceptors (Lipinski definition) is 5. The van der Waals surface area contributed by atoms with Gasteiger partial charge in [0.15, 0.2) is 17.5 Å². The summed E-state index contributed by atoms with van der Waals surface area (Å²) in [4.78, 5) is 16.8. The first-order valence-electron chi connectivity index (χ1n) is 9.52. The molecule has 0 saturated carbocycles. The molecule has 1 aliphatic heterocycles. The molecule has 3 N–H and O–H groups in total. The Morgan fingerprint density at radius 1 is 1.07 bits per heavy atom. The minimum atomic E-state index is -0.145. The van der Waals surface area contributed by atoms with Gasteiger partial charge in [0.2, 0.25) is 6.79 Å². The van der Waals surface area contributed by atoms with E-state index in [4.69, 9.17) is 14.2 Å². The third-order valence-electron chi connectivity index (χ3n) is 4.24. The summed E-state index contributed by atoms with van der Waals surface area (Å²) < 4.78 is 15.9. The van der Waals surface area contributed by atoms with Crippen molar-refractivity contribution in [2.75, 3.05) is 33.5 Å². The van der Waals surface area contributed by atoms with Gasteiger partial charge in [-0.3, -0.25) is 4.79 Å². The highest BCUT2D eigenvalue weighted by molar-refractivity contribution is 14.0. The first-order valence-corrected chi connectivity index (χ1v) is 9.52. The Bertz CT molecular complexity index is 876. The van der Waals surface area contributed by atoms with E-state index >= 15 is 0 Å². The smallest absolute Gasteiger partial charge is 0.251 e. The van der Waals surface area contributed by atoms with E-state index in [1.807, 2.05) is 25.1 Å². The van der Waals surface area contributed by atoms with Gasteiger partial charge < -0.3 is 30.2 Å². The normalized spacial score (nSPS) is 12.0. The van der Waals surface area contributed by atoms with Crippen molar-refractivity contribution in [3.05, 3.63) is 53.6 Å². The molecule has 0 bridgehead atoms. The molecule has 0 fully saturated rings. The van der Waals surface area contributed by atoms with Crippen LogP contribution in [0.25, 0.3) is 0 Å². The molecule has 3 rings (SSSR count). The van der Waals surface area contributed by atoms with Gasteiger partial charge in [-0.1, -0.05) is 12.1 Å². The summed E-state index contributed by atoms with van der Waals surface area (Å²) in [5, 5.41) is 9.29.